The summed E-state index contributed by atoms with van der Waals surface area (Å²) in [5.41, 5.74) is 4.93. The topological polar surface area (TPSA) is 37.4 Å². The van der Waals surface area contributed by atoms with Gasteiger partial charge in [-0.3, -0.25) is 0 Å². The molecule has 0 atom stereocenters. The molecule has 0 aliphatic heterocycles. The van der Waals surface area contributed by atoms with Crippen LogP contribution in [-0.4, -0.2) is 11.5 Å². The largest absolute Gasteiger partial charge is 0.497 e. The molecule has 0 unspecified atom stereocenters. The zero-order chi connectivity index (χ0) is 17.6. The van der Waals surface area contributed by atoms with Crippen molar-refractivity contribution >= 4 is 32.2 Å². The van der Waals surface area contributed by atoms with Gasteiger partial charge in [-0.25, -0.2) is 0 Å². The maximum Gasteiger partial charge on any atom is 0.118 e. The van der Waals surface area contributed by atoms with E-state index in [0.29, 0.717) is 5.56 Å². The molecule has 0 fully saturated rings. The van der Waals surface area contributed by atoms with Crippen LogP contribution in [0.25, 0.3) is 27.4 Å². The fourth-order valence-electron chi connectivity index (χ4n) is 3.32. The Morgan fingerprint density at radius 1 is 1.04 bits per heavy atom. The van der Waals surface area contributed by atoms with E-state index in [2.05, 4.69) is 56.9 Å². The molecule has 0 radical (unpaired) electrons. The lowest BCUT2D eigenvalue weighted by Gasteiger charge is -2.12. The van der Waals surface area contributed by atoms with Crippen molar-refractivity contribution in [1.82, 2.24) is 4.40 Å². The summed E-state index contributed by atoms with van der Waals surface area (Å²) in [6.07, 6.45) is 2.11. The number of rotatable bonds is 2. The first-order chi connectivity index (χ1) is 12.1. The molecule has 4 heteroatoms. The van der Waals surface area contributed by atoms with Gasteiger partial charge in [0.25, 0.3) is 0 Å². The zero-order valence-corrected chi connectivity index (χ0v) is 15.5. The normalized spacial score (nSPS) is 11.0. The van der Waals surface area contributed by atoms with Crippen LogP contribution < -0.4 is 4.74 Å². The minimum atomic E-state index is 0.700. The van der Waals surface area contributed by atoms with Crippen LogP contribution in [0.4, 0.5) is 0 Å². The summed E-state index contributed by atoms with van der Waals surface area (Å²) in [6, 6.07) is 18.5. The number of methoxy groups -OCH3 is 1. The van der Waals surface area contributed by atoms with Gasteiger partial charge in [-0.05, 0) is 48.2 Å². The number of hydrogen-bond acceptors (Lipinski definition) is 2. The molecule has 3 nitrogen and oxygen atoms in total. The summed E-state index contributed by atoms with van der Waals surface area (Å²) in [6.45, 7) is 2.02. The van der Waals surface area contributed by atoms with Gasteiger partial charge in [0, 0.05) is 27.3 Å². The van der Waals surface area contributed by atoms with Gasteiger partial charge in [0.15, 0.2) is 0 Å². The molecule has 2 heterocycles. The molecule has 2 aromatic heterocycles. The van der Waals surface area contributed by atoms with Gasteiger partial charge in [-0.1, -0.05) is 34.1 Å². The van der Waals surface area contributed by atoms with Crippen molar-refractivity contribution in [3.8, 4) is 22.9 Å². The van der Waals surface area contributed by atoms with Crippen molar-refractivity contribution in [2.75, 3.05) is 7.11 Å². The maximum absolute atomic E-state index is 9.52. The second kappa shape index (κ2) is 5.94. The summed E-state index contributed by atoms with van der Waals surface area (Å²) in [4.78, 5) is 0. The smallest absolute Gasteiger partial charge is 0.118 e. The second-order valence-corrected chi connectivity index (χ2v) is 6.91. The van der Waals surface area contributed by atoms with Crippen molar-refractivity contribution < 1.29 is 4.74 Å². The van der Waals surface area contributed by atoms with Crippen LogP contribution in [0.15, 0.2) is 59.2 Å². The highest BCUT2D eigenvalue weighted by Crippen LogP contribution is 2.36. The van der Waals surface area contributed by atoms with E-state index in [0.717, 1.165) is 43.3 Å². The van der Waals surface area contributed by atoms with Crippen molar-refractivity contribution in [2.45, 2.75) is 6.92 Å². The number of benzene rings is 2. The van der Waals surface area contributed by atoms with Crippen LogP contribution in [0.2, 0.25) is 0 Å². The van der Waals surface area contributed by atoms with E-state index in [1.165, 1.54) is 0 Å². The third-order valence-corrected chi connectivity index (χ3v) is 5.03. The van der Waals surface area contributed by atoms with E-state index < -0.39 is 0 Å². The molecule has 4 aromatic rings. The molecular formula is C21H15BrN2O. The zero-order valence-electron chi connectivity index (χ0n) is 13.9. The summed E-state index contributed by atoms with van der Waals surface area (Å²) < 4.78 is 8.39. The van der Waals surface area contributed by atoms with Crippen molar-refractivity contribution in [3.05, 3.63) is 70.5 Å². The van der Waals surface area contributed by atoms with E-state index in [9.17, 15) is 5.26 Å². The fourth-order valence-corrected chi connectivity index (χ4v) is 3.69. The molecule has 122 valence electrons. The molecular weight excluding hydrogens is 376 g/mol. The molecule has 0 aliphatic rings. The van der Waals surface area contributed by atoms with E-state index >= 15 is 0 Å². The molecule has 0 amide bonds. The van der Waals surface area contributed by atoms with Gasteiger partial charge in [-0.2, -0.15) is 5.26 Å². The molecule has 0 bridgehead atoms. The van der Waals surface area contributed by atoms with Crippen LogP contribution in [0.5, 0.6) is 5.75 Å². The van der Waals surface area contributed by atoms with E-state index in [-0.39, 0.29) is 0 Å². The number of ether oxygens (including phenoxy) is 1. The van der Waals surface area contributed by atoms with Crippen molar-refractivity contribution in [1.29, 1.82) is 5.26 Å². The summed E-state index contributed by atoms with van der Waals surface area (Å²) in [5, 5.41) is 11.7. The van der Waals surface area contributed by atoms with Gasteiger partial charge in [0.05, 0.1) is 18.2 Å². The standard InChI is InChI=1S/C21H15BrN2O/c1-13-9-15(11-23)21-18-8-5-16(22)10-19(18)20(12-24(13)21)14-3-6-17(25-2)7-4-14/h3-10,12H,1-2H3. The Kier molecular flexibility index (Phi) is 3.74. The molecule has 25 heavy (non-hydrogen) atoms. The number of aromatic nitrogens is 1. The molecule has 0 saturated carbocycles. The van der Waals surface area contributed by atoms with Gasteiger partial charge in [0.2, 0.25) is 0 Å². The SMILES string of the molecule is COc1ccc(-c2cn3c(C)cc(C#N)c3c3ccc(Br)cc23)cc1. The molecule has 0 spiro atoms. The van der Waals surface area contributed by atoms with Crippen LogP contribution in [-0.2, 0) is 0 Å². The third-order valence-electron chi connectivity index (χ3n) is 4.54. The van der Waals surface area contributed by atoms with Gasteiger partial charge in [0.1, 0.15) is 11.8 Å². The highest BCUT2D eigenvalue weighted by molar-refractivity contribution is 9.10. The Bertz CT molecular complexity index is 1150. The van der Waals surface area contributed by atoms with Crippen LogP contribution in [0, 0.1) is 18.3 Å². The predicted molar refractivity (Wildman–Crippen MR) is 104 cm³/mol. The minimum Gasteiger partial charge on any atom is -0.497 e. The predicted octanol–water partition coefficient (Wildman–Crippen LogP) is 5.71. The van der Waals surface area contributed by atoms with E-state index in [1.807, 2.05) is 31.2 Å². The number of nitriles is 1. The van der Waals surface area contributed by atoms with Gasteiger partial charge < -0.3 is 9.14 Å². The quantitative estimate of drug-likeness (QED) is 0.439. The third kappa shape index (κ3) is 2.48. The number of nitrogens with zero attached hydrogens (tertiary/aromatic N) is 2. The summed E-state index contributed by atoms with van der Waals surface area (Å²) in [5.74, 6) is 0.833. The Morgan fingerprint density at radius 2 is 1.80 bits per heavy atom. The maximum atomic E-state index is 9.52. The van der Waals surface area contributed by atoms with Crippen LogP contribution in [0.3, 0.4) is 0 Å². The number of pyridine rings is 1. The molecule has 0 N–H and O–H groups in total. The fraction of sp³-hybridized carbons (Fsp3) is 0.0952. The second-order valence-electron chi connectivity index (χ2n) is 5.99. The monoisotopic (exact) mass is 390 g/mol. The molecule has 0 aliphatic carbocycles. The van der Waals surface area contributed by atoms with Gasteiger partial charge >= 0.3 is 0 Å². The number of aryl methyl sites for hydroxylation is 1. The van der Waals surface area contributed by atoms with E-state index in [4.69, 9.17) is 4.74 Å². The highest BCUT2D eigenvalue weighted by atomic mass is 79.9. The van der Waals surface area contributed by atoms with Crippen LogP contribution >= 0.6 is 15.9 Å². The number of hydrogen-bond donors (Lipinski definition) is 0. The lowest BCUT2D eigenvalue weighted by atomic mass is 9.99. The average molecular weight is 391 g/mol. The van der Waals surface area contributed by atoms with Crippen molar-refractivity contribution in [3.63, 3.8) is 0 Å². The number of fused-ring (bicyclic) bond motifs is 3. The van der Waals surface area contributed by atoms with Crippen LogP contribution in [0.1, 0.15) is 11.3 Å². The number of halogens is 1. The van der Waals surface area contributed by atoms with Gasteiger partial charge in [-0.15, -0.1) is 0 Å². The first-order valence-corrected chi connectivity index (χ1v) is 8.70. The van der Waals surface area contributed by atoms with Crippen molar-refractivity contribution in [2.24, 2.45) is 0 Å². The summed E-state index contributed by atoms with van der Waals surface area (Å²) >= 11 is 3.57. The van der Waals surface area contributed by atoms with E-state index in [1.54, 1.807) is 7.11 Å². The Labute approximate surface area is 154 Å². The first kappa shape index (κ1) is 15.7. The molecule has 2 aromatic carbocycles. The lowest BCUT2D eigenvalue weighted by Crippen LogP contribution is -1.93. The Balaban J connectivity index is 2.13. The molecule has 4 rings (SSSR count). The lowest BCUT2D eigenvalue weighted by molar-refractivity contribution is 0.415. The summed E-state index contributed by atoms with van der Waals surface area (Å²) in [7, 11) is 1.67. The Hall–Kier alpha value is -2.77. The minimum absolute atomic E-state index is 0.700. The highest BCUT2D eigenvalue weighted by Gasteiger charge is 2.14. The first-order valence-electron chi connectivity index (χ1n) is 7.91. The average Bonchev–Trinajstić information content (AvgIpc) is 2.97. The Morgan fingerprint density at radius 3 is 2.48 bits per heavy atom. The molecule has 0 saturated heterocycles.